The fraction of sp³-hybridized carbons (Fsp3) is 0.348. The second-order valence-corrected chi connectivity index (χ2v) is 9.04. The highest BCUT2D eigenvalue weighted by atomic mass is 127. The van der Waals surface area contributed by atoms with Gasteiger partial charge in [-0.2, -0.15) is 0 Å². The van der Waals surface area contributed by atoms with Gasteiger partial charge < -0.3 is 15.4 Å². The highest BCUT2D eigenvalue weighted by Gasteiger charge is 2.15. The van der Waals surface area contributed by atoms with Crippen molar-refractivity contribution in [2.24, 2.45) is 4.99 Å². The molecule has 0 bridgehead atoms. The number of aliphatic imine (C=N–C) groups is 1. The number of benzene rings is 2. The Morgan fingerprint density at radius 2 is 1.59 bits per heavy atom. The average Bonchev–Trinajstić information content (AvgIpc) is 2.72. The van der Waals surface area contributed by atoms with E-state index in [9.17, 15) is 8.42 Å². The van der Waals surface area contributed by atoms with Crippen LogP contribution < -0.4 is 20.1 Å². The van der Waals surface area contributed by atoms with Gasteiger partial charge in [0.2, 0.25) is 10.0 Å². The Hall–Kier alpha value is -2.11. The van der Waals surface area contributed by atoms with Crippen LogP contribution in [0.4, 0.5) is 0 Å². The van der Waals surface area contributed by atoms with Gasteiger partial charge in [-0.3, -0.25) is 4.99 Å². The molecule has 0 aliphatic heterocycles. The molecule has 176 valence electrons. The molecule has 0 atom stereocenters. The van der Waals surface area contributed by atoms with E-state index in [0.717, 1.165) is 22.4 Å². The third-order valence-corrected chi connectivity index (χ3v) is 5.85. The van der Waals surface area contributed by atoms with Crippen molar-refractivity contribution in [2.45, 2.75) is 38.7 Å². The lowest BCUT2D eigenvalue weighted by molar-refractivity contribution is 0.358. The van der Waals surface area contributed by atoms with Crippen LogP contribution in [0.25, 0.3) is 0 Å². The molecule has 0 unspecified atom stereocenters. The second-order valence-electron chi connectivity index (χ2n) is 7.29. The molecule has 3 N–H and O–H groups in total. The molecule has 0 heterocycles. The number of ether oxygens (including phenoxy) is 1. The topological polar surface area (TPSA) is 91.8 Å². The first-order valence-electron chi connectivity index (χ1n) is 10.2. The molecule has 0 aliphatic carbocycles. The van der Waals surface area contributed by atoms with E-state index in [0.29, 0.717) is 25.7 Å². The molecule has 7 nitrogen and oxygen atoms in total. The first-order valence-corrected chi connectivity index (χ1v) is 11.8. The third kappa shape index (κ3) is 9.58. The van der Waals surface area contributed by atoms with Gasteiger partial charge in [0.25, 0.3) is 0 Å². The summed E-state index contributed by atoms with van der Waals surface area (Å²) in [5.41, 5.74) is 2.65. The number of guanidine groups is 1. The molecule has 0 amide bonds. The number of nitrogens with one attached hydrogen (secondary N) is 3. The summed E-state index contributed by atoms with van der Waals surface area (Å²) in [6, 6.07) is 15.1. The van der Waals surface area contributed by atoms with Gasteiger partial charge in [0.05, 0.1) is 5.75 Å². The molecular weight excluding hydrogens is 539 g/mol. The van der Waals surface area contributed by atoms with Crippen molar-refractivity contribution in [3.05, 3.63) is 77.9 Å². The van der Waals surface area contributed by atoms with E-state index in [4.69, 9.17) is 4.74 Å². The van der Waals surface area contributed by atoms with Crippen molar-refractivity contribution in [3.63, 3.8) is 0 Å². The normalized spacial score (nSPS) is 11.6. The number of rotatable bonds is 11. The zero-order valence-corrected chi connectivity index (χ0v) is 21.9. The number of halogens is 1. The van der Waals surface area contributed by atoms with Gasteiger partial charge in [0.1, 0.15) is 12.4 Å². The SMILES string of the molecule is C=CCOc1ccccc1CNC(=NC)NCc1ccccc1CS(=O)(=O)NC(C)C.I. The highest BCUT2D eigenvalue weighted by molar-refractivity contribution is 14.0. The molecule has 2 aromatic carbocycles. The monoisotopic (exact) mass is 572 g/mol. The van der Waals surface area contributed by atoms with E-state index in [1.807, 2.05) is 48.5 Å². The number of nitrogens with zero attached hydrogens (tertiary/aromatic N) is 1. The Kier molecular flexibility index (Phi) is 12.3. The summed E-state index contributed by atoms with van der Waals surface area (Å²) in [5, 5.41) is 6.52. The fourth-order valence-corrected chi connectivity index (χ4v) is 4.49. The van der Waals surface area contributed by atoms with E-state index < -0.39 is 10.0 Å². The standard InChI is InChI=1S/C23H32N4O3S.HI/c1-5-14-30-22-13-9-8-11-20(22)16-26-23(24-4)25-15-19-10-6-7-12-21(19)17-31(28,29)27-18(2)3;/h5-13,18,27H,1,14-17H2,2-4H3,(H2,24,25,26);1H. The molecule has 0 radical (unpaired) electrons. The Morgan fingerprint density at radius 3 is 2.19 bits per heavy atom. The maximum atomic E-state index is 12.3. The zero-order chi connectivity index (χ0) is 22.7. The number of para-hydroxylation sites is 1. The van der Waals surface area contributed by atoms with Crippen molar-refractivity contribution in [1.29, 1.82) is 0 Å². The molecule has 0 saturated heterocycles. The summed E-state index contributed by atoms with van der Waals surface area (Å²) in [4.78, 5) is 4.26. The Morgan fingerprint density at radius 1 is 1.03 bits per heavy atom. The van der Waals surface area contributed by atoms with E-state index in [1.165, 1.54) is 0 Å². The number of hydrogen-bond donors (Lipinski definition) is 3. The molecule has 32 heavy (non-hydrogen) atoms. The summed E-state index contributed by atoms with van der Waals surface area (Å²) in [7, 11) is -1.71. The van der Waals surface area contributed by atoms with Crippen LogP contribution in [-0.4, -0.2) is 34.1 Å². The molecule has 0 fully saturated rings. The van der Waals surface area contributed by atoms with Crippen LogP contribution >= 0.6 is 24.0 Å². The zero-order valence-electron chi connectivity index (χ0n) is 18.8. The summed E-state index contributed by atoms with van der Waals surface area (Å²) >= 11 is 0. The lowest BCUT2D eigenvalue weighted by atomic mass is 10.1. The molecule has 2 aromatic rings. The molecular formula is C23H33IN4O3S. The van der Waals surface area contributed by atoms with E-state index in [2.05, 4.69) is 26.9 Å². The lowest BCUT2D eigenvalue weighted by Gasteiger charge is -2.16. The van der Waals surface area contributed by atoms with Gasteiger partial charge in [-0.05, 0) is 31.0 Å². The minimum absolute atomic E-state index is 0. The fourth-order valence-electron chi connectivity index (χ4n) is 2.99. The molecule has 0 saturated carbocycles. The maximum absolute atomic E-state index is 12.3. The van der Waals surface area contributed by atoms with Gasteiger partial charge >= 0.3 is 0 Å². The van der Waals surface area contributed by atoms with Gasteiger partial charge in [-0.1, -0.05) is 55.1 Å². The summed E-state index contributed by atoms with van der Waals surface area (Å²) in [5.74, 6) is 1.33. The van der Waals surface area contributed by atoms with Crippen molar-refractivity contribution < 1.29 is 13.2 Å². The van der Waals surface area contributed by atoms with Crippen LogP contribution in [0.5, 0.6) is 5.75 Å². The quantitative estimate of drug-likeness (QED) is 0.166. The van der Waals surface area contributed by atoms with Crippen LogP contribution in [0.3, 0.4) is 0 Å². The van der Waals surface area contributed by atoms with Crippen molar-refractivity contribution in [2.75, 3.05) is 13.7 Å². The summed E-state index contributed by atoms with van der Waals surface area (Å²) in [6.45, 7) is 8.71. The summed E-state index contributed by atoms with van der Waals surface area (Å²) in [6.07, 6.45) is 1.71. The molecule has 0 aliphatic rings. The minimum Gasteiger partial charge on any atom is -0.489 e. The van der Waals surface area contributed by atoms with Crippen LogP contribution in [-0.2, 0) is 28.9 Å². The maximum Gasteiger partial charge on any atom is 0.216 e. The summed E-state index contributed by atoms with van der Waals surface area (Å²) < 4.78 is 33.0. The van der Waals surface area contributed by atoms with Crippen molar-refractivity contribution in [1.82, 2.24) is 15.4 Å². The van der Waals surface area contributed by atoms with Gasteiger partial charge in [-0.15, -0.1) is 24.0 Å². The first kappa shape index (κ1) is 27.9. The van der Waals surface area contributed by atoms with Crippen LogP contribution in [0.1, 0.15) is 30.5 Å². The van der Waals surface area contributed by atoms with Crippen LogP contribution in [0, 0.1) is 0 Å². The smallest absolute Gasteiger partial charge is 0.216 e. The number of hydrogen-bond acceptors (Lipinski definition) is 4. The largest absolute Gasteiger partial charge is 0.489 e. The average molecular weight is 573 g/mol. The van der Waals surface area contributed by atoms with E-state index in [-0.39, 0.29) is 35.8 Å². The first-order chi connectivity index (χ1) is 14.8. The Balaban J connectivity index is 0.00000512. The lowest BCUT2D eigenvalue weighted by Crippen LogP contribution is -2.37. The highest BCUT2D eigenvalue weighted by Crippen LogP contribution is 2.17. The third-order valence-electron chi connectivity index (χ3n) is 4.32. The predicted molar refractivity (Wildman–Crippen MR) is 142 cm³/mol. The van der Waals surface area contributed by atoms with E-state index >= 15 is 0 Å². The van der Waals surface area contributed by atoms with Gasteiger partial charge in [0.15, 0.2) is 5.96 Å². The molecule has 2 rings (SSSR count). The predicted octanol–water partition coefficient (Wildman–Crippen LogP) is 3.56. The van der Waals surface area contributed by atoms with Crippen LogP contribution in [0.2, 0.25) is 0 Å². The minimum atomic E-state index is -3.40. The van der Waals surface area contributed by atoms with Gasteiger partial charge in [0, 0.05) is 31.7 Å². The Bertz CT molecular complexity index is 994. The molecule has 9 heteroatoms. The van der Waals surface area contributed by atoms with Crippen molar-refractivity contribution >= 4 is 40.0 Å². The second kappa shape index (κ2) is 14.1. The Labute approximate surface area is 208 Å². The van der Waals surface area contributed by atoms with Crippen molar-refractivity contribution in [3.8, 4) is 5.75 Å². The van der Waals surface area contributed by atoms with Gasteiger partial charge in [-0.25, -0.2) is 13.1 Å². The number of sulfonamides is 1. The van der Waals surface area contributed by atoms with Crippen LogP contribution in [0.15, 0.2) is 66.2 Å². The molecule has 0 aromatic heterocycles. The molecule has 0 spiro atoms. The van der Waals surface area contributed by atoms with E-state index in [1.54, 1.807) is 27.0 Å².